The van der Waals surface area contributed by atoms with Crippen molar-refractivity contribution in [2.24, 2.45) is 5.73 Å². The number of para-hydroxylation sites is 1. The summed E-state index contributed by atoms with van der Waals surface area (Å²) in [5.74, 6) is 0.856. The van der Waals surface area contributed by atoms with E-state index in [2.05, 4.69) is 13.8 Å². The molecule has 1 aromatic carbocycles. The standard InChI is InChI=1S/C17H29NO2/c1-4-6-7-10-13-20-17(15(18)5-2)14-11-8-9-12-16(14)19-3/h8-9,11-12,15,17H,4-7,10,13,18H2,1-3H3. The van der Waals surface area contributed by atoms with Crippen LogP contribution in [0.25, 0.3) is 0 Å². The fourth-order valence-electron chi connectivity index (χ4n) is 2.30. The second-order valence-electron chi connectivity index (χ2n) is 5.17. The van der Waals surface area contributed by atoms with Crippen molar-refractivity contribution in [1.29, 1.82) is 0 Å². The Kier molecular flexibility index (Phi) is 8.31. The van der Waals surface area contributed by atoms with Gasteiger partial charge in [-0.05, 0) is 18.9 Å². The van der Waals surface area contributed by atoms with Crippen molar-refractivity contribution in [2.45, 2.75) is 58.1 Å². The Morgan fingerprint density at radius 1 is 1.10 bits per heavy atom. The van der Waals surface area contributed by atoms with Gasteiger partial charge in [-0.3, -0.25) is 0 Å². The minimum absolute atomic E-state index is 0.00234. The van der Waals surface area contributed by atoms with Gasteiger partial charge in [0.1, 0.15) is 11.9 Å². The number of nitrogens with two attached hydrogens (primary N) is 1. The van der Waals surface area contributed by atoms with Crippen LogP contribution in [0.4, 0.5) is 0 Å². The van der Waals surface area contributed by atoms with Gasteiger partial charge in [-0.1, -0.05) is 51.3 Å². The third-order valence-electron chi connectivity index (χ3n) is 3.60. The Bertz CT molecular complexity index is 368. The van der Waals surface area contributed by atoms with Crippen LogP contribution in [0.5, 0.6) is 5.75 Å². The first-order chi connectivity index (χ1) is 9.74. The van der Waals surface area contributed by atoms with E-state index in [1.807, 2.05) is 24.3 Å². The summed E-state index contributed by atoms with van der Waals surface area (Å²) in [7, 11) is 1.69. The maximum atomic E-state index is 6.23. The highest BCUT2D eigenvalue weighted by molar-refractivity contribution is 5.35. The Morgan fingerprint density at radius 2 is 1.85 bits per heavy atom. The molecule has 3 nitrogen and oxygen atoms in total. The molecular weight excluding hydrogens is 250 g/mol. The van der Waals surface area contributed by atoms with Crippen LogP contribution in [0.1, 0.15) is 57.6 Å². The molecule has 2 atom stereocenters. The smallest absolute Gasteiger partial charge is 0.124 e. The third-order valence-corrected chi connectivity index (χ3v) is 3.60. The molecule has 0 bridgehead atoms. The van der Waals surface area contributed by atoms with Gasteiger partial charge in [-0.15, -0.1) is 0 Å². The van der Waals surface area contributed by atoms with Crippen molar-refractivity contribution in [3.05, 3.63) is 29.8 Å². The van der Waals surface area contributed by atoms with E-state index in [0.29, 0.717) is 0 Å². The zero-order valence-electron chi connectivity index (χ0n) is 13.1. The van der Waals surface area contributed by atoms with Gasteiger partial charge in [0.25, 0.3) is 0 Å². The summed E-state index contributed by atoms with van der Waals surface area (Å²) in [5.41, 5.74) is 7.29. The number of unbranched alkanes of at least 4 members (excludes halogenated alkanes) is 3. The summed E-state index contributed by atoms with van der Waals surface area (Å²) in [6.45, 7) is 5.06. The average molecular weight is 279 g/mol. The number of rotatable bonds is 10. The van der Waals surface area contributed by atoms with E-state index in [0.717, 1.165) is 30.8 Å². The fourth-order valence-corrected chi connectivity index (χ4v) is 2.30. The molecule has 0 amide bonds. The molecule has 0 saturated heterocycles. The second-order valence-corrected chi connectivity index (χ2v) is 5.17. The Balaban J connectivity index is 2.68. The molecule has 114 valence electrons. The van der Waals surface area contributed by atoms with Crippen molar-refractivity contribution in [3.8, 4) is 5.75 Å². The second kappa shape index (κ2) is 9.78. The van der Waals surface area contributed by atoms with Gasteiger partial charge in [-0.25, -0.2) is 0 Å². The summed E-state index contributed by atoms with van der Waals surface area (Å²) in [5, 5.41) is 0. The van der Waals surface area contributed by atoms with Gasteiger partial charge < -0.3 is 15.2 Å². The van der Waals surface area contributed by atoms with E-state index in [1.54, 1.807) is 7.11 Å². The van der Waals surface area contributed by atoms with Crippen LogP contribution in [0.3, 0.4) is 0 Å². The van der Waals surface area contributed by atoms with Gasteiger partial charge in [-0.2, -0.15) is 0 Å². The molecule has 1 aromatic rings. The number of methoxy groups -OCH3 is 1. The van der Waals surface area contributed by atoms with Gasteiger partial charge in [0, 0.05) is 18.2 Å². The molecule has 0 aliphatic heterocycles. The summed E-state index contributed by atoms with van der Waals surface area (Å²) in [4.78, 5) is 0. The van der Waals surface area contributed by atoms with E-state index in [1.165, 1.54) is 19.3 Å². The highest BCUT2D eigenvalue weighted by atomic mass is 16.5. The first-order valence-corrected chi connectivity index (χ1v) is 7.74. The van der Waals surface area contributed by atoms with Gasteiger partial charge in [0.2, 0.25) is 0 Å². The Hall–Kier alpha value is -1.06. The largest absolute Gasteiger partial charge is 0.496 e. The summed E-state index contributed by atoms with van der Waals surface area (Å²) >= 11 is 0. The molecule has 0 aromatic heterocycles. The summed E-state index contributed by atoms with van der Waals surface area (Å²) in [6, 6.07) is 7.99. The Labute approximate surface area is 123 Å². The summed E-state index contributed by atoms with van der Waals surface area (Å²) in [6.07, 6.45) is 5.62. The van der Waals surface area contributed by atoms with E-state index in [-0.39, 0.29) is 12.1 Å². The molecule has 0 heterocycles. The molecule has 2 N–H and O–H groups in total. The molecule has 0 spiro atoms. The average Bonchev–Trinajstić information content (AvgIpc) is 2.50. The van der Waals surface area contributed by atoms with Gasteiger partial charge in [0.15, 0.2) is 0 Å². The highest BCUT2D eigenvalue weighted by Crippen LogP contribution is 2.30. The van der Waals surface area contributed by atoms with Crippen LogP contribution in [0, 0.1) is 0 Å². The van der Waals surface area contributed by atoms with Crippen molar-refractivity contribution in [1.82, 2.24) is 0 Å². The normalized spacial score (nSPS) is 14.0. The predicted molar refractivity (Wildman–Crippen MR) is 84.1 cm³/mol. The lowest BCUT2D eigenvalue weighted by Crippen LogP contribution is -2.30. The predicted octanol–water partition coefficient (Wildman–Crippen LogP) is 4.07. The number of benzene rings is 1. The van der Waals surface area contributed by atoms with Crippen LogP contribution in [0.2, 0.25) is 0 Å². The van der Waals surface area contributed by atoms with Crippen molar-refractivity contribution in [3.63, 3.8) is 0 Å². The monoisotopic (exact) mass is 279 g/mol. The topological polar surface area (TPSA) is 44.5 Å². The molecule has 1 rings (SSSR count). The lowest BCUT2D eigenvalue weighted by Gasteiger charge is -2.25. The quantitative estimate of drug-likeness (QED) is 0.657. The molecule has 0 aliphatic rings. The van der Waals surface area contributed by atoms with E-state index >= 15 is 0 Å². The van der Waals surface area contributed by atoms with Crippen molar-refractivity contribution in [2.75, 3.05) is 13.7 Å². The lowest BCUT2D eigenvalue weighted by molar-refractivity contribution is 0.0296. The highest BCUT2D eigenvalue weighted by Gasteiger charge is 2.22. The van der Waals surface area contributed by atoms with E-state index in [4.69, 9.17) is 15.2 Å². The van der Waals surface area contributed by atoms with Crippen molar-refractivity contribution >= 4 is 0 Å². The first-order valence-electron chi connectivity index (χ1n) is 7.74. The SMILES string of the molecule is CCCCCCOC(c1ccccc1OC)C(N)CC. The molecular formula is C17H29NO2. The van der Waals surface area contributed by atoms with Crippen LogP contribution in [-0.4, -0.2) is 19.8 Å². The number of hydrogen-bond donors (Lipinski definition) is 1. The van der Waals surface area contributed by atoms with E-state index < -0.39 is 0 Å². The van der Waals surface area contributed by atoms with E-state index in [9.17, 15) is 0 Å². The minimum atomic E-state index is -0.0854. The fraction of sp³-hybridized carbons (Fsp3) is 0.647. The summed E-state index contributed by atoms with van der Waals surface area (Å²) < 4.78 is 11.5. The van der Waals surface area contributed by atoms with Crippen molar-refractivity contribution < 1.29 is 9.47 Å². The maximum absolute atomic E-state index is 6.23. The third kappa shape index (κ3) is 5.14. The molecule has 0 fully saturated rings. The molecule has 0 aliphatic carbocycles. The first kappa shape index (κ1) is 17.0. The molecule has 20 heavy (non-hydrogen) atoms. The maximum Gasteiger partial charge on any atom is 0.124 e. The van der Waals surface area contributed by atoms with Crippen LogP contribution in [0.15, 0.2) is 24.3 Å². The molecule has 0 saturated carbocycles. The van der Waals surface area contributed by atoms with Crippen LogP contribution in [-0.2, 0) is 4.74 Å². The number of ether oxygens (including phenoxy) is 2. The number of hydrogen-bond acceptors (Lipinski definition) is 3. The lowest BCUT2D eigenvalue weighted by atomic mass is 10.00. The zero-order chi connectivity index (χ0) is 14.8. The molecule has 0 radical (unpaired) electrons. The van der Waals surface area contributed by atoms with Gasteiger partial charge in [0.05, 0.1) is 7.11 Å². The van der Waals surface area contributed by atoms with Crippen LogP contribution < -0.4 is 10.5 Å². The van der Waals surface area contributed by atoms with Gasteiger partial charge >= 0.3 is 0 Å². The Morgan fingerprint density at radius 3 is 2.50 bits per heavy atom. The zero-order valence-corrected chi connectivity index (χ0v) is 13.1. The molecule has 3 heteroatoms. The minimum Gasteiger partial charge on any atom is -0.496 e. The van der Waals surface area contributed by atoms with Crippen LogP contribution >= 0.6 is 0 Å². The molecule has 2 unspecified atom stereocenters.